The lowest BCUT2D eigenvalue weighted by molar-refractivity contribution is -0.121. The molecule has 1 N–H and O–H groups in total. The number of carbonyl (C=O) groups excluding carboxylic acids is 1. The van der Waals surface area contributed by atoms with Crippen molar-refractivity contribution in [3.8, 4) is 0 Å². The minimum atomic E-state index is -0.225. The third-order valence-electron chi connectivity index (χ3n) is 6.87. The number of ketones is 1. The van der Waals surface area contributed by atoms with Gasteiger partial charge in [-0.2, -0.15) is 0 Å². The highest BCUT2D eigenvalue weighted by molar-refractivity contribution is 5.78. The molecule has 0 spiro atoms. The van der Waals surface area contributed by atoms with E-state index in [9.17, 15) is 9.90 Å². The van der Waals surface area contributed by atoms with Crippen LogP contribution in [0.5, 0.6) is 0 Å². The molecule has 2 unspecified atom stereocenters. The van der Waals surface area contributed by atoms with Crippen molar-refractivity contribution < 1.29 is 9.90 Å². The number of benzene rings is 1. The van der Waals surface area contributed by atoms with Gasteiger partial charge in [-0.25, -0.2) is 0 Å². The summed E-state index contributed by atoms with van der Waals surface area (Å²) in [6.07, 6.45) is 22.4. The zero-order valence-electron chi connectivity index (χ0n) is 19.3. The first kappa shape index (κ1) is 25.1. The summed E-state index contributed by atoms with van der Waals surface area (Å²) in [6, 6.07) is 10.8. The van der Waals surface area contributed by atoms with Gasteiger partial charge >= 0.3 is 0 Å². The molecule has 0 aliphatic heterocycles. The number of hydrogen-bond acceptors (Lipinski definition) is 2. The number of unbranched alkanes of at least 4 members (excludes halogenated alkanes) is 11. The molecule has 0 radical (unpaired) electrons. The van der Waals surface area contributed by atoms with E-state index in [-0.39, 0.29) is 12.0 Å². The summed E-state index contributed by atoms with van der Waals surface area (Å²) in [5, 5.41) is 9.99. The highest BCUT2D eigenvalue weighted by Gasteiger charge is 2.24. The average Bonchev–Trinajstić information content (AvgIpc) is 2.76. The first-order valence-corrected chi connectivity index (χ1v) is 13.0. The van der Waals surface area contributed by atoms with Gasteiger partial charge in [-0.1, -0.05) is 107 Å². The molecule has 1 aromatic rings. The average molecular weight is 415 g/mol. The summed E-state index contributed by atoms with van der Waals surface area (Å²) in [6.45, 7) is 0. The second-order valence-electron chi connectivity index (χ2n) is 9.58. The van der Waals surface area contributed by atoms with Gasteiger partial charge in [0.15, 0.2) is 0 Å². The van der Waals surface area contributed by atoms with Gasteiger partial charge in [0, 0.05) is 12.8 Å². The maximum Gasteiger partial charge on any atom is 0.133 e. The number of aryl methyl sites for hydroxylation is 1. The molecular weight excluding hydrogens is 368 g/mol. The highest BCUT2D eigenvalue weighted by atomic mass is 16.3. The lowest BCUT2D eigenvalue weighted by atomic mass is 9.83. The quantitative estimate of drug-likeness (QED) is 0.264. The van der Waals surface area contributed by atoms with E-state index in [2.05, 4.69) is 30.3 Å². The van der Waals surface area contributed by atoms with Gasteiger partial charge in [0.2, 0.25) is 0 Å². The zero-order chi connectivity index (χ0) is 21.3. The molecule has 0 amide bonds. The zero-order valence-corrected chi connectivity index (χ0v) is 19.3. The third-order valence-corrected chi connectivity index (χ3v) is 6.87. The molecule has 1 aromatic carbocycles. The maximum atomic E-state index is 12.1. The van der Waals surface area contributed by atoms with Crippen molar-refractivity contribution in [3.63, 3.8) is 0 Å². The Morgan fingerprint density at radius 2 is 1.27 bits per heavy atom. The van der Waals surface area contributed by atoms with Gasteiger partial charge in [0.1, 0.15) is 5.78 Å². The van der Waals surface area contributed by atoms with Crippen molar-refractivity contribution >= 4 is 5.78 Å². The molecule has 1 aliphatic carbocycles. The van der Waals surface area contributed by atoms with Crippen molar-refractivity contribution in [1.29, 1.82) is 0 Å². The number of rotatable bonds is 17. The predicted molar refractivity (Wildman–Crippen MR) is 128 cm³/mol. The van der Waals surface area contributed by atoms with Gasteiger partial charge in [-0.05, 0) is 43.6 Å². The van der Waals surface area contributed by atoms with Gasteiger partial charge < -0.3 is 5.11 Å². The minimum absolute atomic E-state index is 0.225. The van der Waals surface area contributed by atoms with Crippen LogP contribution in [-0.4, -0.2) is 17.0 Å². The Balaban J connectivity index is 1.29. The third kappa shape index (κ3) is 11.9. The van der Waals surface area contributed by atoms with E-state index < -0.39 is 0 Å². The van der Waals surface area contributed by atoms with Crippen LogP contribution in [0.2, 0.25) is 0 Å². The summed E-state index contributed by atoms with van der Waals surface area (Å²) in [5.74, 6) is 0.625. The molecule has 1 aliphatic rings. The predicted octanol–water partition coefficient (Wildman–Crippen LogP) is 7.81. The summed E-state index contributed by atoms with van der Waals surface area (Å²) in [4.78, 5) is 12.1. The normalized spacial score (nSPS) is 19.1. The van der Waals surface area contributed by atoms with E-state index in [0.29, 0.717) is 12.2 Å². The van der Waals surface area contributed by atoms with Gasteiger partial charge in [0.25, 0.3) is 0 Å². The molecule has 2 atom stereocenters. The lowest BCUT2D eigenvalue weighted by Gasteiger charge is -2.26. The smallest absolute Gasteiger partial charge is 0.133 e. The SMILES string of the molecule is O=C(CCCCCCCCCCCCCCc1ccccc1)CC1CCCCC1O. The van der Waals surface area contributed by atoms with E-state index in [4.69, 9.17) is 0 Å². The Bertz CT molecular complexity index is 539. The van der Waals surface area contributed by atoms with E-state index in [0.717, 1.165) is 32.1 Å². The fraction of sp³-hybridized carbons (Fsp3) is 0.750. The Morgan fingerprint density at radius 1 is 0.733 bits per heavy atom. The van der Waals surface area contributed by atoms with E-state index >= 15 is 0 Å². The van der Waals surface area contributed by atoms with E-state index in [1.165, 1.54) is 89.0 Å². The van der Waals surface area contributed by atoms with Crippen LogP contribution in [0, 0.1) is 5.92 Å². The van der Waals surface area contributed by atoms with E-state index in [1.807, 2.05) is 0 Å². The molecule has 0 bridgehead atoms. The fourth-order valence-corrected chi connectivity index (χ4v) is 4.88. The number of carbonyl (C=O) groups is 1. The van der Waals surface area contributed by atoms with Crippen LogP contribution in [0.4, 0.5) is 0 Å². The van der Waals surface area contributed by atoms with Crippen LogP contribution in [0.1, 0.15) is 121 Å². The van der Waals surface area contributed by atoms with Crippen molar-refractivity contribution in [2.75, 3.05) is 0 Å². The molecular formula is C28H46O2. The highest BCUT2D eigenvalue weighted by Crippen LogP contribution is 2.27. The summed E-state index contributed by atoms with van der Waals surface area (Å²) in [5.41, 5.74) is 1.48. The van der Waals surface area contributed by atoms with Crippen LogP contribution < -0.4 is 0 Å². The summed E-state index contributed by atoms with van der Waals surface area (Å²) in [7, 11) is 0. The molecule has 1 fully saturated rings. The van der Waals surface area contributed by atoms with Crippen LogP contribution in [0.3, 0.4) is 0 Å². The standard InChI is InChI=1S/C28H46O2/c29-27(24-26-21-16-17-23-28(26)30)22-15-10-8-6-4-2-1-3-5-7-9-12-18-25-19-13-11-14-20-25/h11,13-14,19-20,26,28,30H,1-10,12,15-18,21-24H2. The van der Waals surface area contributed by atoms with Gasteiger partial charge in [0.05, 0.1) is 6.10 Å². The van der Waals surface area contributed by atoms with E-state index in [1.54, 1.807) is 0 Å². The number of hydrogen-bond donors (Lipinski definition) is 1. The largest absolute Gasteiger partial charge is 0.393 e. The van der Waals surface area contributed by atoms with Crippen molar-refractivity contribution in [3.05, 3.63) is 35.9 Å². The lowest BCUT2D eigenvalue weighted by Crippen LogP contribution is -2.26. The van der Waals surface area contributed by atoms with Gasteiger partial charge in [-0.15, -0.1) is 0 Å². The maximum absolute atomic E-state index is 12.1. The molecule has 2 rings (SSSR count). The van der Waals surface area contributed by atoms with Crippen LogP contribution in [0.15, 0.2) is 30.3 Å². The Morgan fingerprint density at radius 3 is 1.87 bits per heavy atom. The summed E-state index contributed by atoms with van der Waals surface area (Å²) < 4.78 is 0. The van der Waals surface area contributed by atoms with Crippen LogP contribution in [-0.2, 0) is 11.2 Å². The fourth-order valence-electron chi connectivity index (χ4n) is 4.88. The topological polar surface area (TPSA) is 37.3 Å². The molecule has 1 saturated carbocycles. The molecule has 2 heteroatoms. The van der Waals surface area contributed by atoms with Crippen molar-refractivity contribution in [1.82, 2.24) is 0 Å². The van der Waals surface area contributed by atoms with Crippen molar-refractivity contribution in [2.45, 2.75) is 128 Å². The monoisotopic (exact) mass is 414 g/mol. The molecule has 0 aromatic heterocycles. The second-order valence-corrected chi connectivity index (χ2v) is 9.58. The molecule has 170 valence electrons. The van der Waals surface area contributed by atoms with Crippen molar-refractivity contribution in [2.24, 2.45) is 5.92 Å². The van der Waals surface area contributed by atoms with Crippen LogP contribution >= 0.6 is 0 Å². The Hall–Kier alpha value is -1.15. The molecule has 2 nitrogen and oxygen atoms in total. The summed E-state index contributed by atoms with van der Waals surface area (Å²) >= 11 is 0. The first-order chi connectivity index (χ1) is 14.8. The van der Waals surface area contributed by atoms with Gasteiger partial charge in [-0.3, -0.25) is 4.79 Å². The minimum Gasteiger partial charge on any atom is -0.393 e. The number of Topliss-reactive ketones (excluding diaryl/α,β-unsaturated/α-hetero) is 1. The molecule has 0 saturated heterocycles. The molecule has 0 heterocycles. The second kappa shape index (κ2) is 16.5. The number of aliphatic hydroxyl groups excluding tert-OH is 1. The number of aliphatic hydroxyl groups is 1. The van der Waals surface area contributed by atoms with Crippen LogP contribution in [0.25, 0.3) is 0 Å². The first-order valence-electron chi connectivity index (χ1n) is 13.0. The Labute approximate surface area is 185 Å². The Kier molecular flexibility index (Phi) is 13.8. The molecule has 30 heavy (non-hydrogen) atoms.